The number of esters is 1. The van der Waals surface area contributed by atoms with Gasteiger partial charge >= 0.3 is 5.97 Å². The summed E-state index contributed by atoms with van der Waals surface area (Å²) in [4.78, 5) is 16.9. The molecule has 0 amide bonds. The highest BCUT2D eigenvalue weighted by atomic mass is 32.1. The number of carbonyl (C=O) groups excluding carboxylic acids is 1. The molecule has 0 bridgehead atoms. The molecule has 2 heterocycles. The van der Waals surface area contributed by atoms with Crippen LogP contribution in [-0.4, -0.2) is 16.1 Å². The molecule has 0 fully saturated rings. The van der Waals surface area contributed by atoms with E-state index in [9.17, 15) is 4.79 Å². The van der Waals surface area contributed by atoms with Gasteiger partial charge in [-0.05, 0) is 29.6 Å². The predicted molar refractivity (Wildman–Crippen MR) is 77.9 cm³/mol. The van der Waals surface area contributed by atoms with Crippen LogP contribution in [0.3, 0.4) is 0 Å². The second kappa shape index (κ2) is 6.20. The van der Waals surface area contributed by atoms with Crippen LogP contribution in [0.4, 0.5) is 0 Å². The smallest absolute Gasteiger partial charge is 0.338 e. The average molecular weight is 311 g/mol. The van der Waals surface area contributed by atoms with Crippen molar-refractivity contribution in [2.24, 2.45) is 0 Å². The molecule has 22 heavy (non-hydrogen) atoms. The second-order valence-corrected chi connectivity index (χ2v) is 5.21. The van der Waals surface area contributed by atoms with Gasteiger partial charge in [-0.3, -0.25) is 0 Å². The van der Waals surface area contributed by atoms with Gasteiger partial charge in [0.05, 0.1) is 22.1 Å². The molecule has 3 aromatic rings. The van der Waals surface area contributed by atoms with Gasteiger partial charge in [0.25, 0.3) is 5.89 Å². The molecular weight excluding hydrogens is 302 g/mol. The zero-order valence-electron chi connectivity index (χ0n) is 11.2. The lowest BCUT2D eigenvalue weighted by atomic mass is 10.1. The Balaban J connectivity index is 1.65. The molecule has 0 radical (unpaired) electrons. The molecule has 0 aliphatic carbocycles. The summed E-state index contributed by atoms with van der Waals surface area (Å²) in [6.45, 7) is -0.117. The zero-order valence-corrected chi connectivity index (χ0v) is 12.0. The first-order valence-electron chi connectivity index (χ1n) is 6.30. The fourth-order valence-electron chi connectivity index (χ4n) is 1.75. The summed E-state index contributed by atoms with van der Waals surface area (Å²) < 4.78 is 10.1. The lowest BCUT2D eigenvalue weighted by molar-refractivity contribution is 0.0430. The number of hydrogen-bond acceptors (Lipinski definition) is 7. The van der Waals surface area contributed by atoms with Gasteiger partial charge in [0.1, 0.15) is 0 Å². The molecule has 2 aromatic heterocycles. The number of aromatic nitrogens is 2. The molecule has 7 heteroatoms. The number of benzene rings is 1. The number of rotatable bonds is 4. The van der Waals surface area contributed by atoms with Gasteiger partial charge in [-0.15, -0.1) is 11.3 Å². The van der Waals surface area contributed by atoms with Crippen molar-refractivity contribution in [1.29, 1.82) is 5.26 Å². The minimum absolute atomic E-state index is 0.117. The Morgan fingerprint density at radius 1 is 1.36 bits per heavy atom. The second-order valence-electron chi connectivity index (χ2n) is 4.26. The van der Waals surface area contributed by atoms with Gasteiger partial charge in [0, 0.05) is 0 Å². The highest BCUT2D eigenvalue weighted by Crippen LogP contribution is 2.21. The van der Waals surface area contributed by atoms with E-state index in [0.717, 1.165) is 4.88 Å². The largest absolute Gasteiger partial charge is 0.452 e. The van der Waals surface area contributed by atoms with E-state index in [1.54, 1.807) is 18.2 Å². The van der Waals surface area contributed by atoms with Crippen LogP contribution in [0.5, 0.6) is 0 Å². The van der Waals surface area contributed by atoms with E-state index < -0.39 is 5.97 Å². The maximum absolute atomic E-state index is 11.9. The van der Waals surface area contributed by atoms with E-state index in [1.165, 1.54) is 17.4 Å². The first-order valence-corrected chi connectivity index (χ1v) is 7.18. The molecule has 0 unspecified atom stereocenters. The summed E-state index contributed by atoms with van der Waals surface area (Å²) in [5.41, 5.74) is 0.698. The molecule has 0 N–H and O–H groups in total. The van der Waals surface area contributed by atoms with Crippen molar-refractivity contribution in [1.82, 2.24) is 10.1 Å². The zero-order chi connectivity index (χ0) is 15.4. The van der Waals surface area contributed by atoms with E-state index in [1.807, 2.05) is 23.6 Å². The Labute approximate surface area is 129 Å². The maximum Gasteiger partial charge on any atom is 0.338 e. The Kier molecular flexibility index (Phi) is 3.94. The standard InChI is InChI=1S/C15H9N3O3S/c16-8-10-3-1-4-11(7-10)15(19)20-9-13-17-14(18-21-13)12-5-2-6-22-12/h1-7H,9H2. The van der Waals surface area contributed by atoms with E-state index in [2.05, 4.69) is 10.1 Å². The van der Waals surface area contributed by atoms with Crippen LogP contribution in [0.25, 0.3) is 10.7 Å². The first-order chi connectivity index (χ1) is 10.8. The Morgan fingerprint density at radius 2 is 2.27 bits per heavy atom. The van der Waals surface area contributed by atoms with Gasteiger partial charge in [0.15, 0.2) is 6.61 Å². The lowest BCUT2D eigenvalue weighted by Crippen LogP contribution is -2.05. The molecule has 3 rings (SSSR count). The number of ether oxygens (including phenoxy) is 1. The van der Waals surface area contributed by atoms with Crippen molar-refractivity contribution in [3.63, 3.8) is 0 Å². The van der Waals surface area contributed by atoms with E-state index in [4.69, 9.17) is 14.5 Å². The van der Waals surface area contributed by atoms with Gasteiger partial charge in [-0.25, -0.2) is 4.79 Å². The van der Waals surface area contributed by atoms with Crippen molar-refractivity contribution >= 4 is 17.3 Å². The summed E-state index contributed by atoms with van der Waals surface area (Å²) in [5, 5.41) is 14.5. The molecule has 0 saturated heterocycles. The molecule has 0 aliphatic rings. The highest BCUT2D eigenvalue weighted by Gasteiger charge is 2.13. The number of hydrogen-bond donors (Lipinski definition) is 0. The molecule has 0 saturated carbocycles. The van der Waals surface area contributed by atoms with Crippen molar-refractivity contribution in [3.8, 4) is 16.8 Å². The van der Waals surface area contributed by atoms with E-state index in [0.29, 0.717) is 17.0 Å². The summed E-state index contributed by atoms with van der Waals surface area (Å²) >= 11 is 1.49. The van der Waals surface area contributed by atoms with E-state index in [-0.39, 0.29) is 12.5 Å². The van der Waals surface area contributed by atoms with Crippen LogP contribution in [0.2, 0.25) is 0 Å². The van der Waals surface area contributed by atoms with Gasteiger partial charge in [-0.1, -0.05) is 17.3 Å². The third-order valence-electron chi connectivity index (χ3n) is 2.76. The molecule has 6 nitrogen and oxygen atoms in total. The van der Waals surface area contributed by atoms with Crippen LogP contribution in [0, 0.1) is 11.3 Å². The first kappa shape index (κ1) is 14.0. The fraction of sp³-hybridized carbons (Fsp3) is 0.0667. The Morgan fingerprint density at radius 3 is 3.05 bits per heavy atom. The van der Waals surface area contributed by atoms with Crippen molar-refractivity contribution in [3.05, 3.63) is 58.8 Å². The summed E-state index contributed by atoms with van der Waals surface area (Å²) in [7, 11) is 0. The van der Waals surface area contributed by atoms with Crippen molar-refractivity contribution in [2.45, 2.75) is 6.61 Å². The number of thiophene rings is 1. The van der Waals surface area contributed by atoms with Crippen molar-refractivity contribution < 1.29 is 14.1 Å². The van der Waals surface area contributed by atoms with Crippen LogP contribution in [0.1, 0.15) is 21.8 Å². The molecule has 0 atom stereocenters. The SMILES string of the molecule is N#Cc1cccc(C(=O)OCc2nc(-c3cccs3)no2)c1. The van der Waals surface area contributed by atoms with Gasteiger partial charge < -0.3 is 9.26 Å². The summed E-state index contributed by atoms with van der Waals surface area (Å²) in [5.74, 6) is 0.133. The van der Waals surface area contributed by atoms with Crippen molar-refractivity contribution in [2.75, 3.05) is 0 Å². The normalized spacial score (nSPS) is 10.1. The summed E-state index contributed by atoms with van der Waals surface area (Å²) in [6, 6.07) is 12.0. The lowest BCUT2D eigenvalue weighted by Gasteiger charge is -2.01. The quantitative estimate of drug-likeness (QED) is 0.688. The number of nitriles is 1. The topological polar surface area (TPSA) is 89.0 Å². The van der Waals surface area contributed by atoms with Gasteiger partial charge in [0.2, 0.25) is 5.82 Å². The number of nitrogens with zero attached hydrogens (tertiary/aromatic N) is 3. The third kappa shape index (κ3) is 3.02. The van der Waals surface area contributed by atoms with Crippen LogP contribution < -0.4 is 0 Å². The van der Waals surface area contributed by atoms with Crippen LogP contribution in [0.15, 0.2) is 46.3 Å². The summed E-state index contributed by atoms with van der Waals surface area (Å²) in [6.07, 6.45) is 0. The molecule has 108 valence electrons. The highest BCUT2D eigenvalue weighted by molar-refractivity contribution is 7.13. The van der Waals surface area contributed by atoms with Crippen LogP contribution >= 0.6 is 11.3 Å². The minimum Gasteiger partial charge on any atom is -0.452 e. The average Bonchev–Trinajstić information content (AvgIpc) is 3.23. The fourth-order valence-corrected chi connectivity index (χ4v) is 2.39. The van der Waals surface area contributed by atoms with Gasteiger partial charge in [-0.2, -0.15) is 10.2 Å². The Hall–Kier alpha value is -2.98. The monoisotopic (exact) mass is 311 g/mol. The molecular formula is C15H9N3O3S. The Bertz CT molecular complexity index is 834. The van der Waals surface area contributed by atoms with E-state index >= 15 is 0 Å². The van der Waals surface area contributed by atoms with Crippen LogP contribution in [-0.2, 0) is 11.3 Å². The third-order valence-corrected chi connectivity index (χ3v) is 3.63. The predicted octanol–water partition coefficient (Wildman–Crippen LogP) is 3.03. The molecule has 0 aliphatic heterocycles. The maximum atomic E-state index is 11.9. The molecule has 1 aromatic carbocycles. The molecule has 0 spiro atoms. The minimum atomic E-state index is -0.548. The number of carbonyl (C=O) groups is 1.